The van der Waals surface area contributed by atoms with Gasteiger partial charge in [-0.2, -0.15) is 0 Å². The Balaban J connectivity index is 1.32. The van der Waals surface area contributed by atoms with Gasteiger partial charge in [0.2, 0.25) is 0 Å². The fraction of sp³-hybridized carbons (Fsp3) is 0.364. The largest absolute Gasteiger partial charge is 0.299 e. The number of rotatable bonds is 6. The first-order valence-electron chi connectivity index (χ1n) is 9.62. The van der Waals surface area contributed by atoms with E-state index in [4.69, 9.17) is 0 Å². The molecule has 0 bridgehead atoms. The number of piperidine rings is 1. The van der Waals surface area contributed by atoms with Crippen molar-refractivity contribution in [2.75, 3.05) is 25.4 Å². The molecule has 1 saturated heterocycles. The second-order valence-electron chi connectivity index (χ2n) is 7.14. The highest BCUT2D eigenvalue weighted by atomic mass is 32.2. The number of hydrogen-bond acceptors (Lipinski definition) is 4. The summed E-state index contributed by atoms with van der Waals surface area (Å²) in [5, 5.41) is 0. The minimum absolute atomic E-state index is 0.171. The monoisotopic (exact) mass is 380 g/mol. The molecule has 2 aliphatic heterocycles. The molecular formula is C22H24N2O2S. The number of carbonyl (C=O) groups is 2. The van der Waals surface area contributed by atoms with E-state index in [0.717, 1.165) is 6.54 Å². The lowest BCUT2D eigenvalue weighted by Crippen LogP contribution is -2.31. The number of nitrogens with zero attached hydrogens (tertiary/aromatic N) is 2. The summed E-state index contributed by atoms with van der Waals surface area (Å²) in [6.45, 7) is 3.83. The number of likely N-dealkylation sites (tertiary alicyclic amines) is 1. The summed E-state index contributed by atoms with van der Waals surface area (Å²) >= 11 is 1.70. The van der Waals surface area contributed by atoms with Crippen molar-refractivity contribution in [2.45, 2.75) is 30.7 Å². The van der Waals surface area contributed by atoms with Crippen LogP contribution in [0, 0.1) is 0 Å². The van der Waals surface area contributed by atoms with Gasteiger partial charge in [0.25, 0.3) is 11.8 Å². The second-order valence-corrected chi connectivity index (χ2v) is 8.31. The number of imide groups is 1. The number of hydrogen-bond donors (Lipinski definition) is 0. The van der Waals surface area contributed by atoms with Crippen molar-refractivity contribution in [3.63, 3.8) is 0 Å². The third kappa shape index (κ3) is 4.09. The summed E-state index contributed by atoms with van der Waals surface area (Å²) in [5.74, 6) is 0.364. The summed E-state index contributed by atoms with van der Waals surface area (Å²) in [6.07, 6.45) is 3.95. The van der Waals surface area contributed by atoms with E-state index in [1.165, 1.54) is 47.7 Å². The molecule has 0 atom stereocenters. The van der Waals surface area contributed by atoms with Crippen molar-refractivity contribution in [3.05, 3.63) is 65.2 Å². The normalized spacial score (nSPS) is 17.4. The third-order valence-corrected chi connectivity index (χ3v) is 6.19. The predicted octanol–water partition coefficient (Wildman–Crippen LogP) is 4.06. The molecule has 0 unspecified atom stereocenters. The fourth-order valence-corrected chi connectivity index (χ4v) is 4.73. The van der Waals surface area contributed by atoms with Crippen molar-refractivity contribution < 1.29 is 9.59 Å². The average Bonchev–Trinajstić information content (AvgIpc) is 2.94. The van der Waals surface area contributed by atoms with E-state index in [0.29, 0.717) is 23.4 Å². The predicted molar refractivity (Wildman–Crippen MR) is 108 cm³/mol. The lowest BCUT2D eigenvalue weighted by molar-refractivity contribution is 0.0664. The Bertz CT molecular complexity index is 811. The summed E-state index contributed by atoms with van der Waals surface area (Å²) in [5.41, 5.74) is 2.38. The fourth-order valence-electron chi connectivity index (χ4n) is 3.81. The van der Waals surface area contributed by atoms with E-state index in [9.17, 15) is 9.59 Å². The number of thioether (sulfide) groups is 1. The molecule has 0 aliphatic carbocycles. The molecule has 5 heteroatoms. The van der Waals surface area contributed by atoms with E-state index in [2.05, 4.69) is 29.2 Å². The molecule has 0 aromatic heterocycles. The Kier molecular flexibility index (Phi) is 5.60. The van der Waals surface area contributed by atoms with Gasteiger partial charge < -0.3 is 0 Å². The molecule has 4 nitrogen and oxygen atoms in total. The molecule has 2 aromatic rings. The highest BCUT2D eigenvalue weighted by Crippen LogP contribution is 2.25. The van der Waals surface area contributed by atoms with Crippen molar-refractivity contribution in [2.24, 2.45) is 0 Å². The summed E-state index contributed by atoms with van der Waals surface area (Å²) < 4.78 is 0. The Hall–Kier alpha value is -2.11. The zero-order valence-corrected chi connectivity index (χ0v) is 16.2. The standard InChI is InChI=1S/C22H24N2O2S/c25-21-19-9-2-3-10-20(19)22(26)24(21)13-14-27-18-8-6-7-17(15-18)16-23-11-4-1-5-12-23/h2-3,6-10,15H,1,4-5,11-14,16H2. The molecule has 1 fully saturated rings. The van der Waals surface area contributed by atoms with E-state index in [1.807, 2.05) is 0 Å². The quantitative estimate of drug-likeness (QED) is 0.560. The number of carbonyl (C=O) groups excluding carboxylic acids is 2. The Morgan fingerprint density at radius 1 is 0.852 bits per heavy atom. The van der Waals surface area contributed by atoms with Crippen LogP contribution in [0.15, 0.2) is 53.4 Å². The van der Waals surface area contributed by atoms with Crippen LogP contribution in [0.4, 0.5) is 0 Å². The first kappa shape index (κ1) is 18.3. The molecule has 27 heavy (non-hydrogen) atoms. The molecular weight excluding hydrogens is 356 g/mol. The molecule has 0 spiro atoms. The van der Waals surface area contributed by atoms with Gasteiger partial charge in [-0.3, -0.25) is 19.4 Å². The molecule has 0 saturated carbocycles. The van der Waals surface area contributed by atoms with Crippen molar-refractivity contribution in [1.29, 1.82) is 0 Å². The molecule has 140 valence electrons. The van der Waals surface area contributed by atoms with Gasteiger partial charge in [-0.25, -0.2) is 0 Å². The zero-order valence-electron chi connectivity index (χ0n) is 15.4. The highest BCUT2D eigenvalue weighted by Gasteiger charge is 2.34. The van der Waals surface area contributed by atoms with Crippen LogP contribution in [0.5, 0.6) is 0 Å². The Labute approximate surface area is 164 Å². The molecule has 0 N–H and O–H groups in total. The van der Waals surface area contributed by atoms with Crippen LogP contribution >= 0.6 is 11.8 Å². The van der Waals surface area contributed by atoms with Crippen LogP contribution in [-0.4, -0.2) is 47.0 Å². The van der Waals surface area contributed by atoms with E-state index < -0.39 is 0 Å². The first-order chi connectivity index (χ1) is 13.2. The summed E-state index contributed by atoms with van der Waals surface area (Å²) in [6, 6.07) is 15.7. The van der Waals surface area contributed by atoms with Gasteiger partial charge in [-0.05, 0) is 55.8 Å². The molecule has 2 aromatic carbocycles. The maximum absolute atomic E-state index is 12.4. The summed E-state index contributed by atoms with van der Waals surface area (Å²) in [4.78, 5) is 29.9. The van der Waals surface area contributed by atoms with Crippen LogP contribution in [0.3, 0.4) is 0 Å². The molecule has 2 amide bonds. The molecule has 4 rings (SSSR count). The number of benzene rings is 2. The van der Waals surface area contributed by atoms with Gasteiger partial charge in [-0.15, -0.1) is 11.8 Å². The van der Waals surface area contributed by atoms with Crippen molar-refractivity contribution >= 4 is 23.6 Å². The van der Waals surface area contributed by atoms with Crippen molar-refractivity contribution in [3.8, 4) is 0 Å². The van der Waals surface area contributed by atoms with E-state index in [1.54, 1.807) is 36.0 Å². The maximum atomic E-state index is 12.4. The van der Waals surface area contributed by atoms with E-state index in [-0.39, 0.29) is 11.8 Å². The SMILES string of the molecule is O=C1c2ccccc2C(=O)N1CCSc1cccc(CN2CCCCC2)c1. The van der Waals surface area contributed by atoms with Gasteiger partial charge in [-0.1, -0.05) is 30.7 Å². The van der Waals surface area contributed by atoms with Crippen LogP contribution in [0.25, 0.3) is 0 Å². The van der Waals surface area contributed by atoms with Gasteiger partial charge in [0.05, 0.1) is 11.1 Å². The molecule has 2 aliphatic rings. The lowest BCUT2D eigenvalue weighted by atomic mass is 10.1. The number of amides is 2. The highest BCUT2D eigenvalue weighted by molar-refractivity contribution is 7.99. The van der Waals surface area contributed by atoms with Gasteiger partial charge in [0, 0.05) is 23.7 Å². The van der Waals surface area contributed by atoms with Crippen LogP contribution in [-0.2, 0) is 6.54 Å². The second kappa shape index (κ2) is 8.28. The first-order valence-corrected chi connectivity index (χ1v) is 10.6. The van der Waals surface area contributed by atoms with Crippen LogP contribution in [0.2, 0.25) is 0 Å². The van der Waals surface area contributed by atoms with Crippen molar-refractivity contribution in [1.82, 2.24) is 9.80 Å². The van der Waals surface area contributed by atoms with Gasteiger partial charge in [0.1, 0.15) is 0 Å². The van der Waals surface area contributed by atoms with E-state index >= 15 is 0 Å². The zero-order chi connectivity index (χ0) is 18.6. The maximum Gasteiger partial charge on any atom is 0.261 e. The Morgan fingerprint density at radius 2 is 1.56 bits per heavy atom. The Morgan fingerprint density at radius 3 is 2.26 bits per heavy atom. The smallest absolute Gasteiger partial charge is 0.261 e. The molecule has 2 heterocycles. The molecule has 0 radical (unpaired) electrons. The average molecular weight is 381 g/mol. The minimum Gasteiger partial charge on any atom is -0.299 e. The minimum atomic E-state index is -0.171. The topological polar surface area (TPSA) is 40.6 Å². The summed E-state index contributed by atoms with van der Waals surface area (Å²) in [7, 11) is 0. The van der Waals surface area contributed by atoms with Gasteiger partial charge in [0.15, 0.2) is 0 Å². The van der Waals surface area contributed by atoms with Crippen LogP contribution in [0.1, 0.15) is 45.5 Å². The number of fused-ring (bicyclic) bond motifs is 1. The van der Waals surface area contributed by atoms with Gasteiger partial charge >= 0.3 is 0 Å². The lowest BCUT2D eigenvalue weighted by Gasteiger charge is -2.26. The third-order valence-electron chi connectivity index (χ3n) is 5.22. The van der Waals surface area contributed by atoms with Crippen LogP contribution < -0.4 is 0 Å².